The van der Waals surface area contributed by atoms with Gasteiger partial charge >= 0.3 is 0 Å². The molecule has 4 aromatic heterocycles. The molecule has 188 valence electrons. The van der Waals surface area contributed by atoms with Gasteiger partial charge in [0.05, 0.1) is 34.8 Å². The second-order valence-corrected chi connectivity index (χ2v) is 9.78. The van der Waals surface area contributed by atoms with Gasteiger partial charge in [-0.15, -0.1) is 0 Å². The van der Waals surface area contributed by atoms with Crippen molar-refractivity contribution in [1.82, 2.24) is 25.1 Å². The summed E-state index contributed by atoms with van der Waals surface area (Å²) in [5.41, 5.74) is 7.68. The Morgan fingerprint density at radius 1 is 0.868 bits per heavy atom. The average Bonchev–Trinajstić information content (AvgIpc) is 3.52. The van der Waals surface area contributed by atoms with Crippen molar-refractivity contribution in [3.05, 3.63) is 85.2 Å². The Labute approximate surface area is 218 Å². The van der Waals surface area contributed by atoms with Crippen molar-refractivity contribution >= 4 is 33.4 Å². The van der Waals surface area contributed by atoms with Crippen LogP contribution in [0.4, 0.5) is 10.1 Å². The largest absolute Gasteiger partial charge is 0.352 e. The highest BCUT2D eigenvalue weighted by atomic mass is 19.1. The van der Waals surface area contributed by atoms with Gasteiger partial charge in [0.25, 0.3) is 0 Å². The Kier molecular flexibility index (Phi) is 5.92. The molecule has 1 amide bonds. The molecule has 3 N–H and O–H groups in total. The van der Waals surface area contributed by atoms with Gasteiger partial charge in [-0.05, 0) is 53.4 Å². The predicted octanol–water partition coefficient (Wildman–Crippen LogP) is 6.96. The molecule has 0 unspecified atom stereocenters. The summed E-state index contributed by atoms with van der Waals surface area (Å²) in [6, 6.07) is 16.4. The Morgan fingerprint density at radius 3 is 2.47 bits per heavy atom. The van der Waals surface area contributed by atoms with Crippen LogP contribution >= 0.6 is 0 Å². The number of rotatable bonds is 6. The summed E-state index contributed by atoms with van der Waals surface area (Å²) < 4.78 is 13.5. The summed E-state index contributed by atoms with van der Waals surface area (Å²) in [6.45, 7) is 4.03. The van der Waals surface area contributed by atoms with E-state index in [9.17, 15) is 9.18 Å². The highest BCUT2D eigenvalue weighted by Gasteiger charge is 2.15. The van der Waals surface area contributed by atoms with Crippen molar-refractivity contribution in [3.8, 4) is 33.6 Å². The molecule has 0 saturated carbocycles. The number of carbonyl (C=O) groups is 1. The molecule has 6 aromatic rings. The molecule has 2 aromatic carbocycles. The zero-order valence-corrected chi connectivity index (χ0v) is 20.9. The van der Waals surface area contributed by atoms with E-state index in [1.807, 2.05) is 38.1 Å². The van der Waals surface area contributed by atoms with Crippen LogP contribution in [0.1, 0.15) is 20.3 Å². The number of halogens is 1. The summed E-state index contributed by atoms with van der Waals surface area (Å²) >= 11 is 0. The fraction of sp³-hybridized carbons (Fsp3) is 0.133. The zero-order chi connectivity index (χ0) is 26.2. The van der Waals surface area contributed by atoms with Gasteiger partial charge in [0.1, 0.15) is 11.5 Å². The van der Waals surface area contributed by atoms with E-state index >= 15 is 0 Å². The lowest BCUT2D eigenvalue weighted by Gasteiger charge is -2.09. The monoisotopic (exact) mass is 504 g/mol. The summed E-state index contributed by atoms with van der Waals surface area (Å²) in [6.07, 6.45) is 7.45. The van der Waals surface area contributed by atoms with Gasteiger partial charge in [-0.25, -0.2) is 4.39 Å². The van der Waals surface area contributed by atoms with Gasteiger partial charge < -0.3 is 10.3 Å². The molecule has 0 aliphatic heterocycles. The standard InChI is InChI=1S/C30H25FN6O/c1-17(2)9-29(38)34-22-10-20(13-32-14-22)19-5-8-26-24(11-19)30(37-36-26)27-12-23-25(15-33-16-28(23)35-27)18-3-6-21(31)7-4-18/h3-8,10-17,35H,9H2,1-2H3,(H,34,38)(H,36,37). The van der Waals surface area contributed by atoms with Gasteiger partial charge in [0.2, 0.25) is 5.91 Å². The lowest BCUT2D eigenvalue weighted by molar-refractivity contribution is -0.116. The summed E-state index contributed by atoms with van der Waals surface area (Å²) in [5.74, 6) is -0.0267. The first-order valence-corrected chi connectivity index (χ1v) is 12.4. The maximum absolute atomic E-state index is 13.5. The van der Waals surface area contributed by atoms with Crippen molar-refractivity contribution in [2.45, 2.75) is 20.3 Å². The van der Waals surface area contributed by atoms with E-state index in [2.05, 4.69) is 36.5 Å². The third-order valence-electron chi connectivity index (χ3n) is 6.47. The summed E-state index contributed by atoms with van der Waals surface area (Å²) in [7, 11) is 0. The van der Waals surface area contributed by atoms with E-state index < -0.39 is 0 Å². The SMILES string of the molecule is CC(C)CC(=O)Nc1cncc(-c2ccc3[nH]nc(-c4cc5c(-c6ccc(F)cc6)cncc5[nH]4)c3c2)c1. The van der Waals surface area contributed by atoms with Crippen molar-refractivity contribution in [2.75, 3.05) is 5.32 Å². The number of aromatic nitrogens is 5. The highest BCUT2D eigenvalue weighted by Crippen LogP contribution is 2.35. The van der Waals surface area contributed by atoms with Gasteiger partial charge in [0.15, 0.2) is 0 Å². The summed E-state index contributed by atoms with van der Waals surface area (Å²) in [4.78, 5) is 24.4. The summed E-state index contributed by atoms with van der Waals surface area (Å²) in [5, 5.41) is 12.6. The lowest BCUT2D eigenvalue weighted by Crippen LogP contribution is -2.13. The molecule has 0 saturated heterocycles. The number of aromatic amines is 2. The molecule has 0 aliphatic rings. The third-order valence-corrected chi connectivity index (χ3v) is 6.47. The number of amides is 1. The van der Waals surface area contributed by atoms with Crippen molar-refractivity contribution in [3.63, 3.8) is 0 Å². The Morgan fingerprint density at radius 2 is 1.66 bits per heavy atom. The number of carbonyl (C=O) groups excluding carboxylic acids is 1. The molecule has 0 spiro atoms. The molecule has 0 bridgehead atoms. The maximum Gasteiger partial charge on any atom is 0.224 e. The predicted molar refractivity (Wildman–Crippen MR) is 148 cm³/mol. The smallest absolute Gasteiger partial charge is 0.224 e. The number of fused-ring (bicyclic) bond motifs is 2. The van der Waals surface area contributed by atoms with Crippen molar-refractivity contribution < 1.29 is 9.18 Å². The molecule has 8 heteroatoms. The molecule has 0 atom stereocenters. The molecule has 0 fully saturated rings. The van der Waals surface area contributed by atoms with Gasteiger partial charge in [-0.3, -0.25) is 19.9 Å². The van der Waals surface area contributed by atoms with E-state index in [1.165, 1.54) is 12.1 Å². The first-order chi connectivity index (χ1) is 18.4. The highest BCUT2D eigenvalue weighted by molar-refractivity contribution is 6.01. The first kappa shape index (κ1) is 23.5. The molecular weight excluding hydrogens is 479 g/mol. The Hall–Kier alpha value is -4.85. The van der Waals surface area contributed by atoms with Crippen LogP contribution in [0, 0.1) is 11.7 Å². The molecule has 38 heavy (non-hydrogen) atoms. The van der Waals surface area contributed by atoms with E-state index in [-0.39, 0.29) is 17.6 Å². The van der Waals surface area contributed by atoms with E-state index in [1.54, 1.807) is 36.9 Å². The number of anilines is 1. The topological polar surface area (TPSA) is 99.3 Å². The Balaban J connectivity index is 1.38. The number of pyridine rings is 2. The average molecular weight is 505 g/mol. The van der Waals surface area contributed by atoms with Gasteiger partial charge in [-0.1, -0.05) is 32.0 Å². The van der Waals surface area contributed by atoms with Gasteiger partial charge in [0, 0.05) is 40.7 Å². The number of hydrogen-bond donors (Lipinski definition) is 3. The number of nitrogens with one attached hydrogen (secondary N) is 3. The molecule has 0 radical (unpaired) electrons. The molecule has 0 aliphatic carbocycles. The number of nitrogens with zero attached hydrogens (tertiary/aromatic N) is 3. The minimum absolute atomic E-state index is 0.0279. The minimum atomic E-state index is -0.277. The molecule has 7 nitrogen and oxygen atoms in total. The van der Waals surface area contributed by atoms with Crippen LogP contribution in [0.25, 0.3) is 55.4 Å². The molecule has 4 heterocycles. The minimum Gasteiger partial charge on any atom is -0.352 e. The van der Waals surface area contributed by atoms with Crippen molar-refractivity contribution in [1.29, 1.82) is 0 Å². The molecule has 6 rings (SSSR count). The maximum atomic E-state index is 13.5. The second-order valence-electron chi connectivity index (χ2n) is 9.78. The van der Waals surface area contributed by atoms with E-state index in [0.717, 1.165) is 55.4 Å². The Bertz CT molecular complexity index is 1780. The fourth-order valence-corrected chi connectivity index (χ4v) is 4.69. The van der Waals surface area contributed by atoms with Crippen LogP contribution in [0.15, 0.2) is 79.4 Å². The van der Waals surface area contributed by atoms with Gasteiger partial charge in [-0.2, -0.15) is 5.10 Å². The number of hydrogen-bond acceptors (Lipinski definition) is 4. The normalized spacial score (nSPS) is 11.5. The second kappa shape index (κ2) is 9.55. The van der Waals surface area contributed by atoms with E-state index in [0.29, 0.717) is 12.1 Å². The fourth-order valence-electron chi connectivity index (χ4n) is 4.69. The van der Waals surface area contributed by atoms with Crippen LogP contribution in [-0.2, 0) is 4.79 Å². The van der Waals surface area contributed by atoms with Crippen LogP contribution in [0.5, 0.6) is 0 Å². The van der Waals surface area contributed by atoms with Crippen LogP contribution in [0.2, 0.25) is 0 Å². The van der Waals surface area contributed by atoms with Crippen molar-refractivity contribution in [2.24, 2.45) is 5.92 Å². The van der Waals surface area contributed by atoms with Crippen LogP contribution < -0.4 is 5.32 Å². The van der Waals surface area contributed by atoms with Crippen LogP contribution in [0.3, 0.4) is 0 Å². The first-order valence-electron chi connectivity index (χ1n) is 12.4. The molecular formula is C30H25FN6O. The number of benzene rings is 2. The third kappa shape index (κ3) is 4.52. The van der Waals surface area contributed by atoms with E-state index in [4.69, 9.17) is 0 Å². The number of H-pyrrole nitrogens is 2. The quantitative estimate of drug-likeness (QED) is 0.228. The lowest BCUT2D eigenvalue weighted by atomic mass is 10.0. The zero-order valence-electron chi connectivity index (χ0n) is 20.9. The van der Waals surface area contributed by atoms with Crippen LogP contribution in [-0.4, -0.2) is 31.1 Å².